The summed E-state index contributed by atoms with van der Waals surface area (Å²) in [5.74, 6) is -0.804. The van der Waals surface area contributed by atoms with Crippen molar-refractivity contribution in [3.05, 3.63) is 54.1 Å². The molecule has 1 aliphatic rings. The lowest BCUT2D eigenvalue weighted by Gasteiger charge is -2.33. The molecule has 1 aliphatic heterocycles. The van der Waals surface area contributed by atoms with Crippen molar-refractivity contribution in [2.24, 2.45) is 5.73 Å². The van der Waals surface area contributed by atoms with Crippen LogP contribution in [-0.2, 0) is 25.8 Å². The van der Waals surface area contributed by atoms with Gasteiger partial charge in [0.25, 0.3) is 0 Å². The van der Waals surface area contributed by atoms with E-state index in [1.807, 2.05) is 12.1 Å². The zero-order valence-electron chi connectivity index (χ0n) is 15.5. The summed E-state index contributed by atoms with van der Waals surface area (Å²) in [4.78, 5) is 12.2. The van der Waals surface area contributed by atoms with Gasteiger partial charge in [0.05, 0.1) is 4.90 Å². The first-order chi connectivity index (χ1) is 12.9. The van der Waals surface area contributed by atoms with E-state index >= 15 is 0 Å². The Labute approximate surface area is 160 Å². The highest BCUT2D eigenvalue weighted by Crippen LogP contribution is 2.35. The summed E-state index contributed by atoms with van der Waals surface area (Å²) in [6.07, 6.45) is 2.31. The van der Waals surface area contributed by atoms with Gasteiger partial charge in [-0.15, -0.1) is 0 Å². The molecule has 0 aliphatic carbocycles. The van der Waals surface area contributed by atoms with Gasteiger partial charge in [-0.3, -0.25) is 4.79 Å². The molecule has 5 nitrogen and oxygen atoms in total. The zero-order valence-corrected chi connectivity index (χ0v) is 16.3. The quantitative estimate of drug-likeness (QED) is 0.825. The molecule has 144 valence electrons. The fraction of sp³-hybridized carbons (Fsp3) is 0.381. The number of sulfone groups is 1. The molecule has 1 heterocycles. The highest BCUT2D eigenvalue weighted by molar-refractivity contribution is 7.93. The number of ether oxygens (including phenoxy) is 1. The van der Waals surface area contributed by atoms with E-state index in [1.165, 1.54) is 5.56 Å². The van der Waals surface area contributed by atoms with E-state index in [0.717, 1.165) is 24.0 Å². The normalized spacial score (nSPS) is 16.8. The molecule has 0 bridgehead atoms. The predicted octanol–water partition coefficient (Wildman–Crippen LogP) is 3.11. The summed E-state index contributed by atoms with van der Waals surface area (Å²) in [5.41, 5.74) is 8.74. The van der Waals surface area contributed by atoms with Crippen LogP contribution in [-0.4, -0.2) is 32.3 Å². The van der Waals surface area contributed by atoms with Crippen LogP contribution in [0, 0.1) is 0 Å². The molecule has 1 fully saturated rings. The first-order valence-electron chi connectivity index (χ1n) is 9.22. The molecular weight excluding hydrogens is 362 g/mol. The number of benzene rings is 2. The van der Waals surface area contributed by atoms with Crippen molar-refractivity contribution in [1.29, 1.82) is 0 Å². The van der Waals surface area contributed by atoms with Crippen LogP contribution in [0.15, 0.2) is 53.4 Å². The van der Waals surface area contributed by atoms with Crippen LogP contribution < -0.4 is 5.73 Å². The van der Waals surface area contributed by atoms with Gasteiger partial charge in [-0.25, -0.2) is 8.42 Å². The van der Waals surface area contributed by atoms with Crippen molar-refractivity contribution in [1.82, 2.24) is 0 Å². The van der Waals surface area contributed by atoms with Crippen LogP contribution in [0.1, 0.15) is 31.7 Å². The second kappa shape index (κ2) is 7.82. The van der Waals surface area contributed by atoms with Crippen molar-refractivity contribution in [3.63, 3.8) is 0 Å². The second-order valence-electron chi connectivity index (χ2n) is 6.95. The Morgan fingerprint density at radius 2 is 1.52 bits per heavy atom. The summed E-state index contributed by atoms with van der Waals surface area (Å²) in [7, 11) is -3.89. The van der Waals surface area contributed by atoms with Crippen molar-refractivity contribution in [2.75, 3.05) is 13.2 Å². The molecular formula is C21H25NO4S. The van der Waals surface area contributed by atoms with Crippen LogP contribution in [0.4, 0.5) is 0 Å². The number of nitrogens with two attached hydrogens (primary N) is 1. The van der Waals surface area contributed by atoms with Gasteiger partial charge in [0.1, 0.15) is 0 Å². The fourth-order valence-electron chi connectivity index (χ4n) is 3.55. The largest absolute Gasteiger partial charge is 0.381 e. The Kier molecular flexibility index (Phi) is 5.67. The lowest BCUT2D eigenvalue weighted by atomic mass is 9.98. The van der Waals surface area contributed by atoms with Gasteiger partial charge in [0.2, 0.25) is 5.91 Å². The molecule has 1 amide bonds. The van der Waals surface area contributed by atoms with E-state index in [0.29, 0.717) is 0 Å². The second-order valence-corrected chi connectivity index (χ2v) is 9.21. The van der Waals surface area contributed by atoms with Gasteiger partial charge in [-0.2, -0.15) is 0 Å². The molecule has 0 unspecified atom stereocenters. The number of hydrogen-bond donors (Lipinski definition) is 1. The monoisotopic (exact) mass is 387 g/mol. The van der Waals surface area contributed by atoms with Crippen LogP contribution in [0.3, 0.4) is 0 Å². The van der Waals surface area contributed by atoms with Gasteiger partial charge in [0.15, 0.2) is 14.6 Å². The summed E-state index contributed by atoms with van der Waals surface area (Å²) in [6, 6.07) is 14.9. The molecule has 0 aromatic heterocycles. The average Bonchev–Trinajstić information content (AvgIpc) is 2.69. The number of carbonyl (C=O) groups excluding carboxylic acids is 1. The van der Waals surface area contributed by atoms with Crippen LogP contribution >= 0.6 is 0 Å². The van der Waals surface area contributed by atoms with E-state index in [-0.39, 0.29) is 31.0 Å². The standard InChI is InChI=1S/C21H25NO4S/c1-2-3-16-4-6-17(7-5-16)18-8-10-19(11-9-18)27(24,25)21(20(22)23)12-14-26-15-13-21/h4-11H,2-3,12-15H2,1H3,(H2,22,23). The molecule has 3 rings (SSSR count). The van der Waals surface area contributed by atoms with E-state index in [4.69, 9.17) is 10.5 Å². The molecule has 1 saturated heterocycles. The van der Waals surface area contributed by atoms with Gasteiger partial charge >= 0.3 is 0 Å². The molecule has 2 N–H and O–H groups in total. The van der Waals surface area contributed by atoms with Crippen LogP contribution in [0.5, 0.6) is 0 Å². The topological polar surface area (TPSA) is 86.5 Å². The Bertz CT molecular complexity index is 896. The highest BCUT2D eigenvalue weighted by atomic mass is 32.2. The minimum Gasteiger partial charge on any atom is -0.381 e. The summed E-state index contributed by atoms with van der Waals surface area (Å²) in [6.45, 7) is 2.57. The van der Waals surface area contributed by atoms with Crippen molar-refractivity contribution in [3.8, 4) is 11.1 Å². The first kappa shape index (κ1) is 19.6. The molecule has 0 atom stereocenters. The molecule has 0 saturated carbocycles. The third kappa shape index (κ3) is 3.64. The number of hydrogen-bond acceptors (Lipinski definition) is 4. The molecule has 27 heavy (non-hydrogen) atoms. The Morgan fingerprint density at radius 3 is 2.00 bits per heavy atom. The average molecular weight is 388 g/mol. The fourth-order valence-corrected chi connectivity index (χ4v) is 5.47. The minimum absolute atomic E-state index is 0.0886. The molecule has 0 spiro atoms. The molecule has 2 aromatic rings. The summed E-state index contributed by atoms with van der Waals surface area (Å²) < 4.78 is 30.0. The molecule has 6 heteroatoms. The number of carbonyl (C=O) groups is 1. The number of aryl methyl sites for hydroxylation is 1. The number of rotatable bonds is 6. The molecule has 2 aromatic carbocycles. The Balaban J connectivity index is 1.90. The third-order valence-electron chi connectivity index (χ3n) is 5.25. The SMILES string of the molecule is CCCc1ccc(-c2ccc(S(=O)(=O)C3(C(N)=O)CCOCC3)cc2)cc1. The van der Waals surface area contributed by atoms with Crippen molar-refractivity contribution < 1.29 is 17.9 Å². The van der Waals surface area contributed by atoms with Gasteiger partial charge in [0, 0.05) is 13.2 Å². The smallest absolute Gasteiger partial charge is 0.239 e. The number of amides is 1. The lowest BCUT2D eigenvalue weighted by molar-refractivity contribution is -0.122. The van der Waals surface area contributed by atoms with E-state index in [1.54, 1.807) is 24.3 Å². The van der Waals surface area contributed by atoms with Crippen LogP contribution in [0.2, 0.25) is 0 Å². The minimum atomic E-state index is -3.89. The lowest BCUT2D eigenvalue weighted by Crippen LogP contribution is -2.53. The van der Waals surface area contributed by atoms with E-state index in [9.17, 15) is 13.2 Å². The maximum Gasteiger partial charge on any atom is 0.239 e. The van der Waals surface area contributed by atoms with Crippen molar-refractivity contribution >= 4 is 15.7 Å². The Morgan fingerprint density at radius 1 is 1.00 bits per heavy atom. The van der Waals surface area contributed by atoms with Crippen LogP contribution in [0.25, 0.3) is 11.1 Å². The summed E-state index contributed by atoms with van der Waals surface area (Å²) >= 11 is 0. The highest BCUT2D eigenvalue weighted by Gasteiger charge is 2.50. The van der Waals surface area contributed by atoms with E-state index < -0.39 is 20.5 Å². The van der Waals surface area contributed by atoms with E-state index in [2.05, 4.69) is 19.1 Å². The maximum atomic E-state index is 13.2. The zero-order chi connectivity index (χ0) is 19.5. The first-order valence-corrected chi connectivity index (χ1v) is 10.7. The van der Waals surface area contributed by atoms with Crippen molar-refractivity contribution in [2.45, 2.75) is 42.2 Å². The van der Waals surface area contributed by atoms with Gasteiger partial charge in [-0.1, -0.05) is 49.7 Å². The Hall–Kier alpha value is -2.18. The molecule has 0 radical (unpaired) electrons. The van der Waals surface area contributed by atoms with Gasteiger partial charge in [-0.05, 0) is 48.1 Å². The third-order valence-corrected chi connectivity index (χ3v) is 7.79. The van der Waals surface area contributed by atoms with Gasteiger partial charge < -0.3 is 10.5 Å². The summed E-state index contributed by atoms with van der Waals surface area (Å²) in [5, 5.41) is 0. The number of primary amides is 1. The predicted molar refractivity (Wildman–Crippen MR) is 105 cm³/mol. The maximum absolute atomic E-state index is 13.2.